The summed E-state index contributed by atoms with van der Waals surface area (Å²) < 4.78 is 6.69. The van der Waals surface area contributed by atoms with Crippen molar-refractivity contribution in [3.05, 3.63) is 45.6 Å². The van der Waals surface area contributed by atoms with Gasteiger partial charge in [-0.25, -0.2) is 0 Å². The molecule has 6 heteroatoms. The Bertz CT molecular complexity index is 676. The van der Waals surface area contributed by atoms with Crippen LogP contribution >= 0.6 is 28.1 Å². The van der Waals surface area contributed by atoms with E-state index in [4.69, 9.17) is 22.7 Å². The van der Waals surface area contributed by atoms with E-state index in [2.05, 4.69) is 26.1 Å². The second kappa shape index (κ2) is 6.95. The summed E-state index contributed by atoms with van der Waals surface area (Å²) in [5.41, 5.74) is 8.46. The molecule has 0 aliphatic heterocycles. The molecule has 0 fully saturated rings. The zero-order chi connectivity index (χ0) is 15.4. The smallest absolute Gasteiger partial charge is 0.249 e. The molecule has 0 aliphatic rings. The molecule has 0 radical (unpaired) electrons. The van der Waals surface area contributed by atoms with Gasteiger partial charge in [0.15, 0.2) is 0 Å². The summed E-state index contributed by atoms with van der Waals surface area (Å²) in [7, 11) is 0. The molecule has 0 unspecified atom stereocenters. The average Bonchev–Trinajstić information content (AvgIpc) is 2.48. The summed E-state index contributed by atoms with van der Waals surface area (Å²) in [5, 5.41) is 8.39. The van der Waals surface area contributed by atoms with Crippen molar-refractivity contribution >= 4 is 33.1 Å². The molecule has 2 rings (SSSR count). The normalized spacial score (nSPS) is 10.4. The Kier molecular flexibility index (Phi) is 5.25. The molecule has 0 bridgehead atoms. The summed E-state index contributed by atoms with van der Waals surface area (Å²) in [6.45, 7) is 4.07. The highest BCUT2D eigenvalue weighted by Crippen LogP contribution is 2.31. The van der Waals surface area contributed by atoms with Crippen LogP contribution in [-0.2, 0) is 12.8 Å². The first-order valence-corrected chi connectivity index (χ1v) is 7.89. The molecule has 0 spiro atoms. The number of halogens is 1. The molecule has 1 aromatic carbocycles. The van der Waals surface area contributed by atoms with Crippen LogP contribution in [0.25, 0.3) is 0 Å². The Balaban J connectivity index is 2.54. The van der Waals surface area contributed by atoms with Crippen molar-refractivity contribution in [1.29, 1.82) is 0 Å². The molecule has 0 saturated heterocycles. The predicted octanol–water partition coefficient (Wildman–Crippen LogP) is 3.79. The SMILES string of the molecule is CCc1nnc(Oc2ccccc2Br)c(C(N)=S)c1CC. The van der Waals surface area contributed by atoms with Crippen LogP contribution < -0.4 is 10.5 Å². The summed E-state index contributed by atoms with van der Waals surface area (Å²) >= 11 is 8.62. The number of nitrogens with zero attached hydrogens (tertiary/aromatic N) is 2. The molecule has 2 aromatic rings. The number of nitrogens with two attached hydrogens (primary N) is 1. The van der Waals surface area contributed by atoms with E-state index in [1.807, 2.05) is 38.1 Å². The van der Waals surface area contributed by atoms with Crippen LogP contribution in [0.5, 0.6) is 11.6 Å². The molecule has 0 aliphatic carbocycles. The average molecular weight is 366 g/mol. The zero-order valence-corrected chi connectivity index (χ0v) is 14.3. The van der Waals surface area contributed by atoms with E-state index in [1.54, 1.807) is 0 Å². The van der Waals surface area contributed by atoms with Crippen molar-refractivity contribution in [2.24, 2.45) is 5.73 Å². The molecule has 1 heterocycles. The number of thiocarbonyl (C=S) groups is 1. The van der Waals surface area contributed by atoms with Crippen molar-refractivity contribution in [2.45, 2.75) is 26.7 Å². The third kappa shape index (κ3) is 3.39. The minimum atomic E-state index is 0.276. The first-order valence-electron chi connectivity index (χ1n) is 6.69. The number of rotatable bonds is 5. The summed E-state index contributed by atoms with van der Waals surface area (Å²) in [6.07, 6.45) is 1.55. The molecule has 0 amide bonds. The van der Waals surface area contributed by atoms with Gasteiger partial charge in [0.2, 0.25) is 5.88 Å². The number of aryl methyl sites for hydroxylation is 1. The monoisotopic (exact) mass is 365 g/mol. The van der Waals surface area contributed by atoms with Gasteiger partial charge in [-0.1, -0.05) is 38.2 Å². The topological polar surface area (TPSA) is 61.0 Å². The summed E-state index contributed by atoms with van der Waals surface area (Å²) in [4.78, 5) is 0.276. The van der Waals surface area contributed by atoms with E-state index in [9.17, 15) is 0 Å². The second-order valence-corrected chi connectivity index (χ2v) is 5.70. The molecule has 110 valence electrons. The first kappa shape index (κ1) is 15.9. The molecule has 1 aromatic heterocycles. The summed E-state index contributed by atoms with van der Waals surface area (Å²) in [5.74, 6) is 0.999. The lowest BCUT2D eigenvalue weighted by molar-refractivity contribution is 0.449. The highest BCUT2D eigenvalue weighted by Gasteiger charge is 2.19. The van der Waals surface area contributed by atoms with Gasteiger partial charge < -0.3 is 10.5 Å². The van der Waals surface area contributed by atoms with Crippen molar-refractivity contribution in [3.63, 3.8) is 0 Å². The number of aromatic nitrogens is 2. The fourth-order valence-corrected chi connectivity index (χ4v) is 2.69. The van der Waals surface area contributed by atoms with E-state index < -0.39 is 0 Å². The maximum atomic E-state index is 5.88. The Hall–Kier alpha value is -1.53. The van der Waals surface area contributed by atoms with E-state index >= 15 is 0 Å². The lowest BCUT2D eigenvalue weighted by atomic mass is 10.0. The number of hydrogen-bond acceptors (Lipinski definition) is 4. The Morgan fingerprint density at radius 3 is 2.52 bits per heavy atom. The minimum Gasteiger partial charge on any atom is -0.436 e. The van der Waals surface area contributed by atoms with Crippen LogP contribution in [0.15, 0.2) is 28.7 Å². The van der Waals surface area contributed by atoms with E-state index in [1.165, 1.54) is 0 Å². The second-order valence-electron chi connectivity index (χ2n) is 4.41. The largest absolute Gasteiger partial charge is 0.436 e. The van der Waals surface area contributed by atoms with Crippen LogP contribution in [0, 0.1) is 0 Å². The number of ether oxygens (including phenoxy) is 1. The van der Waals surface area contributed by atoms with Gasteiger partial charge in [-0.3, -0.25) is 0 Å². The third-order valence-electron chi connectivity index (χ3n) is 3.10. The first-order chi connectivity index (χ1) is 10.1. The minimum absolute atomic E-state index is 0.276. The van der Waals surface area contributed by atoms with Gasteiger partial charge in [-0.05, 0) is 46.5 Å². The fourth-order valence-electron chi connectivity index (χ4n) is 2.11. The van der Waals surface area contributed by atoms with Crippen LogP contribution in [0.3, 0.4) is 0 Å². The molecule has 2 N–H and O–H groups in total. The highest BCUT2D eigenvalue weighted by atomic mass is 79.9. The summed E-state index contributed by atoms with van der Waals surface area (Å²) in [6, 6.07) is 7.53. The van der Waals surface area contributed by atoms with Crippen molar-refractivity contribution in [3.8, 4) is 11.6 Å². The number of hydrogen-bond donors (Lipinski definition) is 1. The highest BCUT2D eigenvalue weighted by molar-refractivity contribution is 9.10. The fraction of sp³-hybridized carbons (Fsp3) is 0.267. The standard InChI is InChI=1S/C15H16BrN3OS/c1-3-9-11(4-2)18-19-15(13(9)14(17)21)20-12-8-6-5-7-10(12)16/h5-8H,3-4H2,1-2H3,(H2,17,21). The lowest BCUT2D eigenvalue weighted by Crippen LogP contribution is -2.17. The quantitative estimate of drug-likeness (QED) is 0.816. The van der Waals surface area contributed by atoms with Crippen LogP contribution in [0.2, 0.25) is 0 Å². The van der Waals surface area contributed by atoms with Gasteiger partial charge >= 0.3 is 0 Å². The Labute approximate surface area is 137 Å². The van der Waals surface area contributed by atoms with E-state index in [0.717, 1.165) is 28.6 Å². The van der Waals surface area contributed by atoms with Crippen LogP contribution in [-0.4, -0.2) is 15.2 Å². The van der Waals surface area contributed by atoms with Gasteiger partial charge in [0, 0.05) is 0 Å². The van der Waals surface area contributed by atoms with Crippen LogP contribution in [0.4, 0.5) is 0 Å². The molecular formula is C15H16BrN3OS. The van der Waals surface area contributed by atoms with Crippen molar-refractivity contribution in [2.75, 3.05) is 0 Å². The third-order valence-corrected chi connectivity index (χ3v) is 3.96. The van der Waals surface area contributed by atoms with Gasteiger partial charge in [0.1, 0.15) is 10.7 Å². The van der Waals surface area contributed by atoms with Gasteiger partial charge in [-0.2, -0.15) is 5.10 Å². The zero-order valence-electron chi connectivity index (χ0n) is 11.9. The molecular weight excluding hydrogens is 350 g/mol. The van der Waals surface area contributed by atoms with Crippen LogP contribution in [0.1, 0.15) is 30.7 Å². The maximum Gasteiger partial charge on any atom is 0.249 e. The predicted molar refractivity (Wildman–Crippen MR) is 90.9 cm³/mol. The van der Waals surface area contributed by atoms with Gasteiger partial charge in [0.25, 0.3) is 0 Å². The Morgan fingerprint density at radius 1 is 1.24 bits per heavy atom. The molecule has 0 saturated carbocycles. The number of benzene rings is 1. The molecule has 21 heavy (non-hydrogen) atoms. The lowest BCUT2D eigenvalue weighted by Gasteiger charge is -2.15. The maximum absolute atomic E-state index is 5.88. The van der Waals surface area contributed by atoms with Gasteiger partial charge in [-0.15, -0.1) is 5.10 Å². The van der Waals surface area contributed by atoms with Crippen molar-refractivity contribution in [1.82, 2.24) is 10.2 Å². The Morgan fingerprint density at radius 2 is 1.95 bits per heavy atom. The van der Waals surface area contributed by atoms with E-state index in [-0.39, 0.29) is 4.99 Å². The number of para-hydroxylation sites is 1. The van der Waals surface area contributed by atoms with E-state index in [0.29, 0.717) is 17.2 Å². The molecule has 0 atom stereocenters. The molecule has 4 nitrogen and oxygen atoms in total. The van der Waals surface area contributed by atoms with Crippen molar-refractivity contribution < 1.29 is 4.74 Å². The van der Waals surface area contributed by atoms with Gasteiger partial charge in [0.05, 0.1) is 15.7 Å².